The molecule has 0 aliphatic heterocycles. The van der Waals surface area contributed by atoms with Crippen LogP contribution in [0.25, 0.3) is 0 Å². The predicted molar refractivity (Wildman–Crippen MR) is 59.0 cm³/mol. The minimum absolute atomic E-state index is 0.0504. The molecule has 0 unspecified atom stereocenters. The third-order valence-corrected chi connectivity index (χ3v) is 2.80. The Balaban J connectivity index is 3.04. The van der Waals surface area contributed by atoms with E-state index >= 15 is 0 Å². The number of benzene rings is 1. The summed E-state index contributed by atoms with van der Waals surface area (Å²) >= 11 is 0. The molecular weight excluding hydrogens is 175 g/mol. The van der Waals surface area contributed by atoms with E-state index < -0.39 is 0 Å². The van der Waals surface area contributed by atoms with Gasteiger partial charge in [-0.15, -0.1) is 0 Å². The largest absolute Gasteiger partial charge is 0.207 e. The van der Waals surface area contributed by atoms with Crippen molar-refractivity contribution in [3.8, 4) is 0 Å². The molecule has 0 amide bonds. The van der Waals surface area contributed by atoms with Crippen LogP contribution in [-0.2, 0) is 0 Å². The van der Waals surface area contributed by atoms with Crippen LogP contribution in [0.3, 0.4) is 0 Å². The Kier molecular flexibility index (Phi) is 3.68. The van der Waals surface area contributed by atoms with Gasteiger partial charge < -0.3 is 0 Å². The van der Waals surface area contributed by atoms with Gasteiger partial charge in [0.05, 0.1) is 0 Å². The van der Waals surface area contributed by atoms with E-state index in [0.29, 0.717) is 11.8 Å². The highest BCUT2D eigenvalue weighted by Crippen LogP contribution is 2.29. The van der Waals surface area contributed by atoms with E-state index in [-0.39, 0.29) is 5.82 Å². The van der Waals surface area contributed by atoms with Crippen LogP contribution in [0.15, 0.2) is 18.2 Å². The maximum absolute atomic E-state index is 13.6. The van der Waals surface area contributed by atoms with E-state index in [0.717, 1.165) is 17.5 Å². The van der Waals surface area contributed by atoms with E-state index in [2.05, 4.69) is 20.8 Å². The second kappa shape index (κ2) is 4.59. The Hall–Kier alpha value is -0.850. The zero-order chi connectivity index (χ0) is 10.7. The lowest BCUT2D eigenvalue weighted by atomic mass is 9.86. The van der Waals surface area contributed by atoms with Gasteiger partial charge >= 0.3 is 0 Å². The summed E-state index contributed by atoms with van der Waals surface area (Å²) in [6.45, 7) is 8.33. The van der Waals surface area contributed by atoms with Crippen molar-refractivity contribution >= 4 is 0 Å². The first-order chi connectivity index (χ1) is 6.56. The molecule has 0 fully saturated rings. The van der Waals surface area contributed by atoms with Gasteiger partial charge in [-0.2, -0.15) is 0 Å². The summed E-state index contributed by atoms with van der Waals surface area (Å²) in [6.07, 6.45) is 0.998. The summed E-state index contributed by atoms with van der Waals surface area (Å²) in [6, 6.07) is 5.54. The van der Waals surface area contributed by atoms with Crippen molar-refractivity contribution in [3.05, 3.63) is 35.1 Å². The van der Waals surface area contributed by atoms with E-state index in [4.69, 9.17) is 0 Å². The Morgan fingerprint density at radius 2 is 1.93 bits per heavy atom. The summed E-state index contributed by atoms with van der Waals surface area (Å²) in [5.74, 6) is 0.790. The molecule has 1 heteroatoms. The molecule has 0 saturated heterocycles. The van der Waals surface area contributed by atoms with Crippen LogP contribution in [0.4, 0.5) is 4.39 Å². The van der Waals surface area contributed by atoms with Gasteiger partial charge in [0, 0.05) is 0 Å². The third kappa shape index (κ3) is 2.34. The van der Waals surface area contributed by atoms with Crippen LogP contribution in [-0.4, -0.2) is 0 Å². The molecule has 0 aromatic heterocycles. The Morgan fingerprint density at radius 1 is 1.29 bits per heavy atom. The molecule has 0 aliphatic rings. The van der Waals surface area contributed by atoms with Crippen LogP contribution in [0, 0.1) is 18.7 Å². The smallest absolute Gasteiger partial charge is 0.126 e. The number of rotatable bonds is 3. The maximum atomic E-state index is 13.6. The van der Waals surface area contributed by atoms with Crippen LogP contribution >= 0.6 is 0 Å². The van der Waals surface area contributed by atoms with Crippen molar-refractivity contribution in [2.75, 3.05) is 0 Å². The first-order valence-electron chi connectivity index (χ1n) is 5.32. The second-order valence-corrected chi connectivity index (χ2v) is 4.28. The van der Waals surface area contributed by atoms with Gasteiger partial charge in [-0.3, -0.25) is 0 Å². The summed E-state index contributed by atoms with van der Waals surface area (Å²) in [5.41, 5.74) is 1.86. The van der Waals surface area contributed by atoms with Gasteiger partial charge in [-0.05, 0) is 42.4 Å². The molecule has 0 nitrogen and oxygen atoms in total. The van der Waals surface area contributed by atoms with Crippen molar-refractivity contribution in [1.29, 1.82) is 0 Å². The van der Waals surface area contributed by atoms with Crippen molar-refractivity contribution in [2.24, 2.45) is 5.92 Å². The van der Waals surface area contributed by atoms with Gasteiger partial charge in [0.15, 0.2) is 0 Å². The molecule has 1 rings (SSSR count). The number of hydrogen-bond donors (Lipinski definition) is 0. The molecule has 0 aliphatic carbocycles. The molecule has 1 atom stereocenters. The summed E-state index contributed by atoms with van der Waals surface area (Å²) in [5, 5.41) is 0. The van der Waals surface area contributed by atoms with Crippen LogP contribution < -0.4 is 0 Å². The fraction of sp³-hybridized carbons (Fsp3) is 0.538. The minimum atomic E-state index is -0.0504. The molecule has 1 aromatic rings. The van der Waals surface area contributed by atoms with E-state index in [1.165, 1.54) is 0 Å². The zero-order valence-electron chi connectivity index (χ0n) is 9.47. The van der Waals surface area contributed by atoms with Crippen LogP contribution in [0.2, 0.25) is 0 Å². The molecule has 0 bridgehead atoms. The average Bonchev–Trinajstić information content (AvgIpc) is 2.09. The van der Waals surface area contributed by atoms with Crippen molar-refractivity contribution in [1.82, 2.24) is 0 Å². The Labute approximate surface area is 86.2 Å². The predicted octanol–water partition coefficient (Wildman–Crippen LogP) is 4.28. The average molecular weight is 194 g/mol. The monoisotopic (exact) mass is 194 g/mol. The fourth-order valence-corrected chi connectivity index (χ4v) is 1.98. The Bertz CT molecular complexity index is 302. The van der Waals surface area contributed by atoms with Crippen molar-refractivity contribution in [3.63, 3.8) is 0 Å². The molecule has 0 radical (unpaired) electrons. The summed E-state index contributed by atoms with van der Waals surface area (Å²) in [4.78, 5) is 0. The first kappa shape index (κ1) is 11.2. The normalized spacial score (nSPS) is 13.3. The summed E-state index contributed by atoms with van der Waals surface area (Å²) < 4.78 is 13.6. The van der Waals surface area contributed by atoms with E-state index in [9.17, 15) is 4.39 Å². The highest BCUT2D eigenvalue weighted by molar-refractivity contribution is 5.26. The van der Waals surface area contributed by atoms with E-state index in [1.54, 1.807) is 6.07 Å². The lowest BCUT2D eigenvalue weighted by molar-refractivity contribution is 0.461. The van der Waals surface area contributed by atoms with Crippen LogP contribution in [0.1, 0.15) is 44.2 Å². The highest BCUT2D eigenvalue weighted by atomic mass is 19.1. The van der Waals surface area contributed by atoms with Crippen molar-refractivity contribution < 1.29 is 4.39 Å². The molecule has 1 aromatic carbocycles. The number of hydrogen-bond acceptors (Lipinski definition) is 0. The van der Waals surface area contributed by atoms with Gasteiger partial charge in [-0.1, -0.05) is 32.9 Å². The maximum Gasteiger partial charge on any atom is 0.126 e. The lowest BCUT2D eigenvalue weighted by Gasteiger charge is -2.20. The van der Waals surface area contributed by atoms with Gasteiger partial charge in [0.2, 0.25) is 0 Å². The minimum Gasteiger partial charge on any atom is -0.207 e. The quantitative estimate of drug-likeness (QED) is 0.673. The standard InChI is InChI=1S/C13H19F/c1-5-11(9(2)3)12-7-6-10(4)8-13(12)14/h6-9,11H,5H2,1-4H3/t11-/m0/s1. The van der Waals surface area contributed by atoms with Gasteiger partial charge in [-0.25, -0.2) is 4.39 Å². The summed E-state index contributed by atoms with van der Waals surface area (Å²) in [7, 11) is 0. The fourth-order valence-electron chi connectivity index (χ4n) is 1.98. The van der Waals surface area contributed by atoms with Gasteiger partial charge in [0.25, 0.3) is 0 Å². The Morgan fingerprint density at radius 3 is 2.36 bits per heavy atom. The second-order valence-electron chi connectivity index (χ2n) is 4.28. The van der Waals surface area contributed by atoms with E-state index in [1.807, 2.05) is 19.1 Å². The molecular formula is C13H19F. The van der Waals surface area contributed by atoms with Crippen molar-refractivity contribution in [2.45, 2.75) is 40.0 Å². The lowest BCUT2D eigenvalue weighted by Crippen LogP contribution is -2.07. The third-order valence-electron chi connectivity index (χ3n) is 2.80. The SMILES string of the molecule is CC[C@H](c1ccc(C)cc1F)C(C)C. The van der Waals surface area contributed by atoms with Gasteiger partial charge in [0.1, 0.15) is 5.82 Å². The first-order valence-corrected chi connectivity index (χ1v) is 5.32. The zero-order valence-corrected chi connectivity index (χ0v) is 9.47. The molecule has 0 saturated carbocycles. The molecule has 0 spiro atoms. The molecule has 14 heavy (non-hydrogen) atoms. The number of halogens is 1. The number of aryl methyl sites for hydroxylation is 1. The van der Waals surface area contributed by atoms with Crippen LogP contribution in [0.5, 0.6) is 0 Å². The topological polar surface area (TPSA) is 0 Å². The molecule has 0 heterocycles. The molecule has 0 N–H and O–H groups in total. The highest BCUT2D eigenvalue weighted by Gasteiger charge is 2.17. The molecule has 78 valence electrons.